The van der Waals surface area contributed by atoms with E-state index in [4.69, 9.17) is 5.11 Å². The van der Waals surface area contributed by atoms with Crippen molar-refractivity contribution in [2.24, 2.45) is 0 Å². The summed E-state index contributed by atoms with van der Waals surface area (Å²) in [6.07, 6.45) is 0.635. The van der Waals surface area contributed by atoms with Gasteiger partial charge in [0.05, 0.1) is 11.3 Å². The molecule has 0 spiro atoms. The molecule has 2 N–H and O–H groups in total. The summed E-state index contributed by atoms with van der Waals surface area (Å²) in [6.45, 7) is 2.04. The average Bonchev–Trinajstić information content (AvgIpc) is 2.37. The molecule has 0 aliphatic heterocycles. The SMILES string of the molecule is CC(CCO)SCC(=O)NC(=O)c1ccccc1Br. The van der Waals surface area contributed by atoms with Crippen LogP contribution in [-0.4, -0.2) is 34.5 Å². The molecule has 1 aromatic carbocycles. The maximum absolute atomic E-state index is 11.8. The predicted octanol–water partition coefficient (Wildman–Crippen LogP) is 2.21. The van der Waals surface area contributed by atoms with Gasteiger partial charge in [0.25, 0.3) is 5.91 Å². The Hall–Kier alpha value is -0.850. The molecule has 6 heteroatoms. The van der Waals surface area contributed by atoms with Crippen molar-refractivity contribution in [3.8, 4) is 0 Å². The molecule has 0 radical (unpaired) electrons. The third-order valence-corrected chi connectivity index (χ3v) is 4.33. The lowest BCUT2D eigenvalue weighted by Gasteiger charge is -2.09. The largest absolute Gasteiger partial charge is 0.396 e. The van der Waals surface area contributed by atoms with Crippen molar-refractivity contribution in [1.82, 2.24) is 5.32 Å². The van der Waals surface area contributed by atoms with Gasteiger partial charge in [0, 0.05) is 16.3 Å². The van der Waals surface area contributed by atoms with E-state index in [0.29, 0.717) is 16.5 Å². The van der Waals surface area contributed by atoms with Crippen LogP contribution in [0.1, 0.15) is 23.7 Å². The zero-order valence-electron chi connectivity index (χ0n) is 10.6. The van der Waals surface area contributed by atoms with Gasteiger partial charge >= 0.3 is 0 Å². The van der Waals surface area contributed by atoms with Crippen LogP contribution >= 0.6 is 27.7 Å². The van der Waals surface area contributed by atoms with Crippen molar-refractivity contribution >= 4 is 39.5 Å². The van der Waals surface area contributed by atoms with Crippen molar-refractivity contribution in [3.05, 3.63) is 34.3 Å². The molecule has 1 aromatic rings. The van der Waals surface area contributed by atoms with Gasteiger partial charge in [-0.1, -0.05) is 19.1 Å². The molecule has 19 heavy (non-hydrogen) atoms. The van der Waals surface area contributed by atoms with Gasteiger partial charge in [-0.2, -0.15) is 0 Å². The smallest absolute Gasteiger partial charge is 0.259 e. The van der Waals surface area contributed by atoms with Crippen LogP contribution < -0.4 is 5.32 Å². The molecule has 0 aromatic heterocycles. The summed E-state index contributed by atoms with van der Waals surface area (Å²) in [6, 6.07) is 6.93. The van der Waals surface area contributed by atoms with Gasteiger partial charge in [-0.05, 0) is 34.5 Å². The lowest BCUT2D eigenvalue weighted by molar-refractivity contribution is -0.117. The summed E-state index contributed by atoms with van der Waals surface area (Å²) >= 11 is 4.68. The molecule has 0 aliphatic rings. The Labute approximate surface area is 125 Å². The van der Waals surface area contributed by atoms with Crippen LogP contribution in [0.2, 0.25) is 0 Å². The Morgan fingerprint density at radius 2 is 2.11 bits per heavy atom. The van der Waals surface area contributed by atoms with Gasteiger partial charge in [-0.25, -0.2) is 0 Å². The Morgan fingerprint density at radius 3 is 2.74 bits per heavy atom. The van der Waals surface area contributed by atoms with Crippen molar-refractivity contribution < 1.29 is 14.7 Å². The first-order chi connectivity index (χ1) is 9.04. The predicted molar refractivity (Wildman–Crippen MR) is 80.2 cm³/mol. The molecule has 2 amide bonds. The van der Waals surface area contributed by atoms with Crippen LogP contribution in [0.25, 0.3) is 0 Å². The summed E-state index contributed by atoms with van der Waals surface area (Å²) in [5, 5.41) is 11.3. The number of imide groups is 1. The van der Waals surface area contributed by atoms with Gasteiger partial charge in [-0.15, -0.1) is 11.8 Å². The van der Waals surface area contributed by atoms with E-state index < -0.39 is 5.91 Å². The fraction of sp³-hybridized carbons (Fsp3) is 0.385. The van der Waals surface area contributed by atoms with E-state index in [1.54, 1.807) is 24.3 Å². The first-order valence-corrected chi connectivity index (χ1v) is 7.70. The summed E-state index contributed by atoms with van der Waals surface area (Å²) in [7, 11) is 0. The molecule has 104 valence electrons. The zero-order valence-corrected chi connectivity index (χ0v) is 13.0. The summed E-state index contributed by atoms with van der Waals surface area (Å²) in [5.74, 6) is -0.527. The molecule has 0 fully saturated rings. The van der Waals surface area contributed by atoms with Gasteiger partial charge in [0.1, 0.15) is 0 Å². The van der Waals surface area contributed by atoms with Crippen LogP contribution in [-0.2, 0) is 4.79 Å². The molecule has 1 atom stereocenters. The van der Waals surface area contributed by atoms with Crippen LogP contribution in [0.15, 0.2) is 28.7 Å². The minimum atomic E-state index is -0.409. The highest BCUT2D eigenvalue weighted by molar-refractivity contribution is 9.10. The van der Waals surface area contributed by atoms with E-state index in [2.05, 4.69) is 21.2 Å². The van der Waals surface area contributed by atoms with Gasteiger partial charge in [0.2, 0.25) is 5.91 Å². The van der Waals surface area contributed by atoms with Crippen LogP contribution in [0.4, 0.5) is 0 Å². The Morgan fingerprint density at radius 1 is 1.42 bits per heavy atom. The zero-order chi connectivity index (χ0) is 14.3. The van der Waals surface area contributed by atoms with Crippen LogP contribution in [0, 0.1) is 0 Å². The van der Waals surface area contributed by atoms with E-state index in [-0.39, 0.29) is 23.5 Å². The summed E-state index contributed by atoms with van der Waals surface area (Å²) in [5.41, 5.74) is 0.434. The minimum Gasteiger partial charge on any atom is -0.396 e. The molecule has 0 bridgehead atoms. The highest BCUT2D eigenvalue weighted by atomic mass is 79.9. The average molecular weight is 346 g/mol. The minimum absolute atomic E-state index is 0.103. The number of carbonyl (C=O) groups is 2. The molecule has 1 rings (SSSR count). The monoisotopic (exact) mass is 345 g/mol. The molecule has 1 unspecified atom stereocenters. The molecular formula is C13H16BrNO3S. The number of aliphatic hydroxyl groups excluding tert-OH is 1. The van der Waals surface area contributed by atoms with Gasteiger partial charge in [0.15, 0.2) is 0 Å². The van der Waals surface area contributed by atoms with Gasteiger partial charge in [-0.3, -0.25) is 14.9 Å². The second-order valence-electron chi connectivity index (χ2n) is 3.99. The topological polar surface area (TPSA) is 66.4 Å². The van der Waals surface area contributed by atoms with Crippen molar-refractivity contribution in [3.63, 3.8) is 0 Å². The third-order valence-electron chi connectivity index (χ3n) is 2.41. The first-order valence-electron chi connectivity index (χ1n) is 5.85. The Bertz CT molecular complexity index is 453. The van der Waals surface area contributed by atoms with E-state index in [1.165, 1.54) is 11.8 Å². The second-order valence-corrected chi connectivity index (χ2v) is 6.27. The summed E-state index contributed by atoms with van der Waals surface area (Å²) in [4.78, 5) is 23.5. The van der Waals surface area contributed by atoms with E-state index in [9.17, 15) is 9.59 Å². The first kappa shape index (κ1) is 16.2. The fourth-order valence-corrected chi connectivity index (χ4v) is 2.60. The number of hydrogen-bond acceptors (Lipinski definition) is 4. The number of halogens is 1. The van der Waals surface area contributed by atoms with Crippen LogP contribution in [0.3, 0.4) is 0 Å². The molecule has 0 saturated heterocycles. The number of thioether (sulfide) groups is 1. The molecule has 4 nitrogen and oxygen atoms in total. The number of nitrogens with one attached hydrogen (secondary N) is 1. The number of aliphatic hydroxyl groups is 1. The fourth-order valence-electron chi connectivity index (χ4n) is 1.36. The van der Waals surface area contributed by atoms with E-state index >= 15 is 0 Å². The number of hydrogen-bond donors (Lipinski definition) is 2. The van der Waals surface area contributed by atoms with Crippen LogP contribution in [0.5, 0.6) is 0 Å². The third kappa shape index (κ3) is 5.76. The van der Waals surface area contributed by atoms with Gasteiger partial charge < -0.3 is 5.11 Å². The normalized spacial score (nSPS) is 11.9. The number of amides is 2. The highest BCUT2D eigenvalue weighted by Crippen LogP contribution is 2.16. The standard InChI is InChI=1S/C13H16BrNO3S/c1-9(6-7-16)19-8-12(17)15-13(18)10-4-2-3-5-11(10)14/h2-5,9,16H,6-8H2,1H3,(H,15,17,18). The second kappa shape index (κ2) is 8.35. The number of rotatable bonds is 6. The van der Waals surface area contributed by atoms with Crippen molar-refractivity contribution in [2.45, 2.75) is 18.6 Å². The quantitative estimate of drug-likeness (QED) is 0.829. The molecule has 0 aliphatic carbocycles. The van der Waals surface area contributed by atoms with Crippen molar-refractivity contribution in [1.29, 1.82) is 0 Å². The van der Waals surface area contributed by atoms with E-state index in [0.717, 1.165) is 0 Å². The number of carbonyl (C=O) groups excluding carboxylic acids is 2. The lowest BCUT2D eigenvalue weighted by Crippen LogP contribution is -2.32. The maximum Gasteiger partial charge on any atom is 0.259 e. The number of benzene rings is 1. The molecule has 0 saturated carbocycles. The molecular weight excluding hydrogens is 330 g/mol. The lowest BCUT2D eigenvalue weighted by atomic mass is 10.2. The Kier molecular flexibility index (Phi) is 7.12. The Balaban J connectivity index is 2.45. The summed E-state index contributed by atoms with van der Waals surface area (Å²) < 4.78 is 0.654. The maximum atomic E-state index is 11.8. The highest BCUT2D eigenvalue weighted by Gasteiger charge is 2.13. The van der Waals surface area contributed by atoms with E-state index in [1.807, 2.05) is 6.92 Å². The molecule has 0 heterocycles. The van der Waals surface area contributed by atoms with Crippen molar-refractivity contribution in [2.75, 3.05) is 12.4 Å².